The number of hydrogen-bond donors (Lipinski definition) is 0. The summed E-state index contributed by atoms with van der Waals surface area (Å²) in [5.41, 5.74) is 0.178. The van der Waals surface area contributed by atoms with Crippen molar-refractivity contribution in [2.75, 3.05) is 0 Å². The van der Waals surface area contributed by atoms with Crippen molar-refractivity contribution in [3.63, 3.8) is 0 Å². The topological polar surface area (TPSA) is 80.9 Å². The van der Waals surface area contributed by atoms with Gasteiger partial charge in [-0.2, -0.15) is 15.2 Å². The maximum Gasteiger partial charge on any atom is 0.329 e. The molecule has 6 nitrogen and oxygen atoms in total. The molecule has 0 saturated heterocycles. The SMILES string of the molecule is CC(C)Oc1nc(Cl)nc(Oc2ccc(C#N)cc2F)n1. The van der Waals surface area contributed by atoms with Crippen LogP contribution in [0.1, 0.15) is 19.4 Å². The van der Waals surface area contributed by atoms with Gasteiger partial charge in [-0.05, 0) is 43.6 Å². The Balaban J connectivity index is 2.27. The van der Waals surface area contributed by atoms with E-state index >= 15 is 0 Å². The Morgan fingerprint density at radius 3 is 2.57 bits per heavy atom. The minimum Gasteiger partial charge on any atom is -0.461 e. The van der Waals surface area contributed by atoms with E-state index in [2.05, 4.69) is 15.0 Å². The molecule has 21 heavy (non-hydrogen) atoms. The lowest BCUT2D eigenvalue weighted by Gasteiger charge is -2.09. The molecule has 0 amide bonds. The predicted molar refractivity (Wildman–Crippen MR) is 71.8 cm³/mol. The van der Waals surface area contributed by atoms with E-state index < -0.39 is 5.82 Å². The van der Waals surface area contributed by atoms with Crippen LogP contribution in [0.5, 0.6) is 17.8 Å². The van der Waals surface area contributed by atoms with Gasteiger partial charge in [0.2, 0.25) is 5.28 Å². The molecule has 8 heteroatoms. The summed E-state index contributed by atoms with van der Waals surface area (Å²) in [5, 5.41) is 8.54. The molecule has 108 valence electrons. The van der Waals surface area contributed by atoms with Crippen LogP contribution < -0.4 is 9.47 Å². The van der Waals surface area contributed by atoms with Crippen molar-refractivity contribution in [3.05, 3.63) is 34.9 Å². The quantitative estimate of drug-likeness (QED) is 0.863. The van der Waals surface area contributed by atoms with Gasteiger partial charge >= 0.3 is 12.0 Å². The second kappa shape index (κ2) is 6.33. The van der Waals surface area contributed by atoms with E-state index in [0.29, 0.717) is 0 Å². The summed E-state index contributed by atoms with van der Waals surface area (Å²) in [6.07, 6.45) is -0.164. The number of halogens is 2. The molecule has 0 spiro atoms. The number of aromatic nitrogens is 3. The minimum absolute atomic E-state index is 0.0194. The lowest BCUT2D eigenvalue weighted by Crippen LogP contribution is -2.09. The van der Waals surface area contributed by atoms with Crippen LogP contribution in [0.2, 0.25) is 5.28 Å². The summed E-state index contributed by atoms with van der Waals surface area (Å²) in [5.74, 6) is -0.844. The van der Waals surface area contributed by atoms with Gasteiger partial charge in [0, 0.05) is 0 Å². The zero-order chi connectivity index (χ0) is 15.4. The lowest BCUT2D eigenvalue weighted by molar-refractivity contribution is 0.218. The molecular weight excluding hydrogens is 299 g/mol. The van der Waals surface area contributed by atoms with Gasteiger partial charge in [-0.3, -0.25) is 0 Å². The maximum absolute atomic E-state index is 13.7. The van der Waals surface area contributed by atoms with Gasteiger partial charge in [-0.15, -0.1) is 4.98 Å². The molecule has 1 aromatic carbocycles. The van der Waals surface area contributed by atoms with Crippen molar-refractivity contribution in [2.24, 2.45) is 0 Å². The third kappa shape index (κ3) is 4.00. The molecule has 0 fully saturated rings. The Morgan fingerprint density at radius 2 is 1.95 bits per heavy atom. The zero-order valence-electron chi connectivity index (χ0n) is 11.2. The van der Waals surface area contributed by atoms with Crippen molar-refractivity contribution >= 4 is 11.6 Å². The first-order valence-electron chi connectivity index (χ1n) is 5.93. The third-order valence-electron chi connectivity index (χ3n) is 2.17. The summed E-state index contributed by atoms with van der Waals surface area (Å²) in [4.78, 5) is 11.4. The number of nitriles is 1. The highest BCUT2D eigenvalue weighted by Gasteiger charge is 2.12. The van der Waals surface area contributed by atoms with Crippen molar-refractivity contribution in [3.8, 4) is 23.8 Å². The highest BCUT2D eigenvalue weighted by Crippen LogP contribution is 2.24. The third-order valence-corrected chi connectivity index (χ3v) is 2.34. The minimum atomic E-state index is -0.711. The smallest absolute Gasteiger partial charge is 0.329 e. The molecule has 0 aliphatic rings. The molecule has 0 bridgehead atoms. The Labute approximate surface area is 125 Å². The lowest BCUT2D eigenvalue weighted by atomic mass is 10.2. The standard InChI is InChI=1S/C13H10ClFN4O2/c1-7(2)20-12-17-11(14)18-13(19-12)21-10-4-3-8(6-16)5-9(10)15/h3-5,7H,1-2H3. The van der Waals surface area contributed by atoms with Gasteiger partial charge in [0.25, 0.3) is 0 Å². The fraction of sp³-hybridized carbons (Fsp3) is 0.231. The van der Waals surface area contributed by atoms with Gasteiger partial charge in [0.15, 0.2) is 11.6 Å². The van der Waals surface area contributed by atoms with Crippen LogP contribution in [0, 0.1) is 17.1 Å². The van der Waals surface area contributed by atoms with Crippen LogP contribution >= 0.6 is 11.6 Å². The first-order chi connectivity index (χ1) is 9.97. The average molecular weight is 309 g/mol. The summed E-state index contributed by atoms with van der Waals surface area (Å²) >= 11 is 5.73. The first kappa shape index (κ1) is 14.9. The Bertz CT molecular complexity index is 703. The molecular formula is C13H10ClFN4O2. The van der Waals surface area contributed by atoms with Crippen LogP contribution in [0.15, 0.2) is 18.2 Å². The van der Waals surface area contributed by atoms with Gasteiger partial charge in [0.1, 0.15) is 0 Å². The molecule has 0 aliphatic heterocycles. The van der Waals surface area contributed by atoms with E-state index in [9.17, 15) is 4.39 Å². The van der Waals surface area contributed by atoms with Crippen molar-refractivity contribution in [1.29, 1.82) is 5.26 Å². The molecule has 0 radical (unpaired) electrons. The van der Waals surface area contributed by atoms with Crippen LogP contribution in [-0.2, 0) is 0 Å². The number of nitrogens with zero attached hydrogens (tertiary/aromatic N) is 4. The van der Waals surface area contributed by atoms with E-state index in [4.69, 9.17) is 26.3 Å². The van der Waals surface area contributed by atoms with Crippen LogP contribution in [-0.4, -0.2) is 21.1 Å². The number of ether oxygens (including phenoxy) is 2. The Kier molecular flexibility index (Phi) is 4.50. The van der Waals surface area contributed by atoms with E-state index in [-0.39, 0.29) is 34.7 Å². The van der Waals surface area contributed by atoms with Crippen molar-refractivity contribution < 1.29 is 13.9 Å². The molecule has 0 saturated carbocycles. The average Bonchev–Trinajstić information content (AvgIpc) is 2.39. The summed E-state index contributed by atoms with van der Waals surface area (Å²) in [7, 11) is 0. The second-order valence-electron chi connectivity index (χ2n) is 4.20. The highest BCUT2D eigenvalue weighted by molar-refractivity contribution is 6.28. The van der Waals surface area contributed by atoms with Crippen molar-refractivity contribution in [2.45, 2.75) is 20.0 Å². The molecule has 2 aromatic rings. The monoisotopic (exact) mass is 308 g/mol. The van der Waals surface area contributed by atoms with E-state index in [0.717, 1.165) is 6.07 Å². The second-order valence-corrected chi connectivity index (χ2v) is 4.53. The molecule has 0 N–H and O–H groups in total. The summed E-state index contributed by atoms with van der Waals surface area (Å²) < 4.78 is 24.2. The normalized spacial score (nSPS) is 10.3. The van der Waals surface area contributed by atoms with Crippen LogP contribution in [0.25, 0.3) is 0 Å². The maximum atomic E-state index is 13.7. The molecule has 1 aromatic heterocycles. The van der Waals surface area contributed by atoms with E-state index in [1.807, 2.05) is 6.07 Å². The summed E-state index contributed by atoms with van der Waals surface area (Å²) in [6, 6.07) is 5.36. The highest BCUT2D eigenvalue weighted by atomic mass is 35.5. The number of hydrogen-bond acceptors (Lipinski definition) is 6. The molecule has 0 unspecified atom stereocenters. The molecule has 0 atom stereocenters. The molecule has 2 rings (SSSR count). The fourth-order valence-corrected chi connectivity index (χ4v) is 1.52. The fourth-order valence-electron chi connectivity index (χ4n) is 1.38. The van der Waals surface area contributed by atoms with Gasteiger partial charge in [0.05, 0.1) is 17.7 Å². The Morgan fingerprint density at radius 1 is 1.24 bits per heavy atom. The zero-order valence-corrected chi connectivity index (χ0v) is 11.9. The van der Waals surface area contributed by atoms with Crippen molar-refractivity contribution in [1.82, 2.24) is 15.0 Å². The number of benzene rings is 1. The Hall–Kier alpha value is -2.46. The van der Waals surface area contributed by atoms with Gasteiger partial charge in [-0.25, -0.2) is 4.39 Å². The van der Waals surface area contributed by atoms with Gasteiger partial charge in [-0.1, -0.05) is 0 Å². The number of rotatable bonds is 4. The molecule has 1 heterocycles. The van der Waals surface area contributed by atoms with E-state index in [1.165, 1.54) is 12.1 Å². The first-order valence-corrected chi connectivity index (χ1v) is 6.31. The predicted octanol–water partition coefficient (Wildman–Crippen LogP) is 3.12. The summed E-state index contributed by atoms with van der Waals surface area (Å²) in [6.45, 7) is 3.58. The van der Waals surface area contributed by atoms with Crippen LogP contribution in [0.4, 0.5) is 4.39 Å². The van der Waals surface area contributed by atoms with Crippen LogP contribution in [0.3, 0.4) is 0 Å². The van der Waals surface area contributed by atoms with E-state index in [1.54, 1.807) is 13.8 Å². The molecule has 0 aliphatic carbocycles. The largest absolute Gasteiger partial charge is 0.461 e. The van der Waals surface area contributed by atoms with Gasteiger partial charge < -0.3 is 9.47 Å².